The molecule has 0 amide bonds. The topological polar surface area (TPSA) is 24.5 Å². The van der Waals surface area contributed by atoms with Crippen LogP contribution in [0.15, 0.2) is 42.5 Å². The van der Waals surface area contributed by atoms with Gasteiger partial charge in [0.15, 0.2) is 0 Å². The van der Waals surface area contributed by atoms with Crippen LogP contribution in [-0.2, 0) is 13.1 Å². The molecule has 2 aromatic carbocycles. The molecule has 112 valence electrons. The molecule has 3 nitrogen and oxygen atoms in total. The molecular formula is C17H21FN2O. The standard InChI is InChI=1S/C17H21FN2O/c1-19-11-13-4-9-17(21-3)14(10-13)12-20(2)16-7-5-15(18)6-8-16/h4-10,19H,11-12H2,1-3H3. The van der Waals surface area contributed by atoms with Crippen molar-refractivity contribution in [3.8, 4) is 5.75 Å². The Bertz CT molecular complexity index is 584. The van der Waals surface area contributed by atoms with E-state index in [9.17, 15) is 4.39 Å². The molecule has 2 aromatic rings. The quantitative estimate of drug-likeness (QED) is 0.883. The summed E-state index contributed by atoms with van der Waals surface area (Å²) in [7, 11) is 5.58. The first-order valence-corrected chi connectivity index (χ1v) is 6.91. The highest BCUT2D eigenvalue weighted by Gasteiger charge is 2.08. The van der Waals surface area contributed by atoms with E-state index < -0.39 is 0 Å². The number of nitrogens with zero attached hydrogens (tertiary/aromatic N) is 1. The molecule has 0 saturated heterocycles. The van der Waals surface area contributed by atoms with Gasteiger partial charge >= 0.3 is 0 Å². The molecule has 0 aliphatic heterocycles. The monoisotopic (exact) mass is 288 g/mol. The molecule has 0 heterocycles. The van der Waals surface area contributed by atoms with Crippen molar-refractivity contribution >= 4 is 5.69 Å². The second kappa shape index (κ2) is 7.09. The average molecular weight is 288 g/mol. The van der Waals surface area contributed by atoms with Crippen molar-refractivity contribution in [2.45, 2.75) is 13.1 Å². The van der Waals surface area contributed by atoms with Gasteiger partial charge in [-0.3, -0.25) is 0 Å². The molecule has 0 aromatic heterocycles. The minimum atomic E-state index is -0.222. The molecule has 0 radical (unpaired) electrons. The summed E-state index contributed by atoms with van der Waals surface area (Å²) >= 11 is 0. The molecule has 0 aliphatic rings. The van der Waals surface area contributed by atoms with Gasteiger partial charge in [0.1, 0.15) is 11.6 Å². The normalized spacial score (nSPS) is 10.5. The van der Waals surface area contributed by atoms with Crippen molar-refractivity contribution in [1.82, 2.24) is 5.32 Å². The Morgan fingerprint density at radius 1 is 1.14 bits per heavy atom. The smallest absolute Gasteiger partial charge is 0.123 e. The summed E-state index contributed by atoms with van der Waals surface area (Å²) in [6.45, 7) is 1.52. The van der Waals surface area contributed by atoms with Crippen LogP contribution in [0.2, 0.25) is 0 Å². The average Bonchev–Trinajstić information content (AvgIpc) is 2.48. The van der Waals surface area contributed by atoms with Gasteiger partial charge in [0.25, 0.3) is 0 Å². The van der Waals surface area contributed by atoms with Crippen molar-refractivity contribution in [2.24, 2.45) is 0 Å². The fraction of sp³-hybridized carbons (Fsp3) is 0.294. The van der Waals surface area contributed by atoms with E-state index >= 15 is 0 Å². The largest absolute Gasteiger partial charge is 0.496 e. The van der Waals surface area contributed by atoms with E-state index in [1.165, 1.54) is 17.7 Å². The maximum Gasteiger partial charge on any atom is 0.123 e. The first-order valence-electron chi connectivity index (χ1n) is 6.91. The van der Waals surface area contributed by atoms with Gasteiger partial charge in [0.2, 0.25) is 0 Å². The number of anilines is 1. The van der Waals surface area contributed by atoms with E-state index in [4.69, 9.17) is 4.74 Å². The number of methoxy groups -OCH3 is 1. The summed E-state index contributed by atoms with van der Waals surface area (Å²) in [5.41, 5.74) is 3.29. The number of ether oxygens (including phenoxy) is 1. The zero-order chi connectivity index (χ0) is 15.2. The second-order valence-electron chi connectivity index (χ2n) is 5.01. The van der Waals surface area contributed by atoms with E-state index in [0.29, 0.717) is 6.54 Å². The van der Waals surface area contributed by atoms with E-state index in [1.807, 2.05) is 20.2 Å². The first kappa shape index (κ1) is 15.3. The maximum atomic E-state index is 13.0. The Balaban J connectivity index is 2.20. The number of hydrogen-bond acceptors (Lipinski definition) is 3. The molecule has 1 N–H and O–H groups in total. The van der Waals surface area contributed by atoms with Crippen molar-refractivity contribution < 1.29 is 9.13 Å². The molecule has 0 atom stereocenters. The van der Waals surface area contributed by atoms with Crippen molar-refractivity contribution in [3.63, 3.8) is 0 Å². The highest BCUT2D eigenvalue weighted by molar-refractivity contribution is 5.48. The molecule has 0 spiro atoms. The number of rotatable bonds is 6. The number of halogens is 1. The third-order valence-corrected chi connectivity index (χ3v) is 3.40. The number of benzene rings is 2. The predicted molar refractivity (Wildman–Crippen MR) is 84.3 cm³/mol. The van der Waals surface area contributed by atoms with Crippen molar-refractivity contribution in [3.05, 3.63) is 59.4 Å². The van der Waals surface area contributed by atoms with Crippen LogP contribution in [0.25, 0.3) is 0 Å². The van der Waals surface area contributed by atoms with E-state index in [2.05, 4.69) is 22.3 Å². The third kappa shape index (κ3) is 3.95. The summed E-state index contributed by atoms with van der Waals surface area (Å²) in [5.74, 6) is 0.643. The van der Waals surface area contributed by atoms with E-state index in [-0.39, 0.29) is 5.82 Å². The van der Waals surface area contributed by atoms with Gasteiger partial charge in [0.05, 0.1) is 7.11 Å². The molecule has 0 saturated carbocycles. The number of nitrogens with one attached hydrogen (secondary N) is 1. The van der Waals surface area contributed by atoms with Crippen LogP contribution in [0.5, 0.6) is 5.75 Å². The van der Waals surface area contributed by atoms with Gasteiger partial charge < -0.3 is 15.0 Å². The zero-order valence-electron chi connectivity index (χ0n) is 12.7. The minimum absolute atomic E-state index is 0.222. The van der Waals surface area contributed by atoms with E-state index in [1.54, 1.807) is 19.2 Å². The fourth-order valence-corrected chi connectivity index (χ4v) is 2.31. The molecular weight excluding hydrogens is 267 g/mol. The maximum absolute atomic E-state index is 13.0. The molecule has 0 bridgehead atoms. The lowest BCUT2D eigenvalue weighted by Gasteiger charge is -2.21. The van der Waals surface area contributed by atoms with E-state index in [0.717, 1.165) is 23.5 Å². The second-order valence-corrected chi connectivity index (χ2v) is 5.01. The Morgan fingerprint density at radius 2 is 1.86 bits per heavy atom. The highest BCUT2D eigenvalue weighted by atomic mass is 19.1. The van der Waals surface area contributed by atoms with Crippen LogP contribution in [-0.4, -0.2) is 21.2 Å². The van der Waals surface area contributed by atoms with Crippen LogP contribution < -0.4 is 15.0 Å². The van der Waals surface area contributed by atoms with Gasteiger partial charge in [-0.2, -0.15) is 0 Å². The lowest BCUT2D eigenvalue weighted by molar-refractivity contribution is 0.409. The molecule has 0 fully saturated rings. The SMILES string of the molecule is CNCc1ccc(OC)c(CN(C)c2ccc(F)cc2)c1. The van der Waals surface area contributed by atoms with Gasteiger partial charge in [-0.1, -0.05) is 6.07 Å². The summed E-state index contributed by atoms with van der Waals surface area (Å²) in [5, 5.41) is 3.14. The van der Waals surface area contributed by atoms with Crippen LogP contribution in [0.1, 0.15) is 11.1 Å². The van der Waals surface area contributed by atoms with Gasteiger partial charge in [-0.15, -0.1) is 0 Å². The van der Waals surface area contributed by atoms with Gasteiger partial charge in [-0.25, -0.2) is 4.39 Å². The number of hydrogen-bond donors (Lipinski definition) is 1. The zero-order valence-corrected chi connectivity index (χ0v) is 12.7. The van der Waals surface area contributed by atoms with Gasteiger partial charge in [-0.05, 0) is 49.0 Å². The Morgan fingerprint density at radius 3 is 2.48 bits per heavy atom. The summed E-state index contributed by atoms with van der Waals surface area (Å²) < 4.78 is 18.4. The van der Waals surface area contributed by atoms with Gasteiger partial charge in [0, 0.05) is 31.4 Å². The highest BCUT2D eigenvalue weighted by Crippen LogP contribution is 2.24. The molecule has 21 heavy (non-hydrogen) atoms. The van der Waals surface area contributed by atoms with Crippen molar-refractivity contribution in [1.29, 1.82) is 0 Å². The minimum Gasteiger partial charge on any atom is -0.496 e. The van der Waals surface area contributed by atoms with Crippen molar-refractivity contribution in [2.75, 3.05) is 26.1 Å². The Kier molecular flexibility index (Phi) is 5.17. The van der Waals surface area contributed by atoms with Crippen LogP contribution in [0.3, 0.4) is 0 Å². The molecule has 4 heteroatoms. The first-order chi connectivity index (χ1) is 10.1. The predicted octanol–water partition coefficient (Wildman–Crippen LogP) is 3.19. The summed E-state index contributed by atoms with van der Waals surface area (Å²) in [4.78, 5) is 2.07. The molecule has 0 aliphatic carbocycles. The summed E-state index contributed by atoms with van der Waals surface area (Å²) in [6, 6.07) is 12.7. The summed E-state index contributed by atoms with van der Waals surface area (Å²) in [6.07, 6.45) is 0. The third-order valence-electron chi connectivity index (χ3n) is 3.40. The Labute approximate surface area is 125 Å². The van der Waals surface area contributed by atoms with Crippen LogP contribution >= 0.6 is 0 Å². The van der Waals surface area contributed by atoms with Crippen LogP contribution in [0.4, 0.5) is 10.1 Å². The van der Waals surface area contributed by atoms with Crippen LogP contribution in [0, 0.1) is 5.82 Å². The molecule has 2 rings (SSSR count). The fourth-order valence-electron chi connectivity index (χ4n) is 2.31. The lowest BCUT2D eigenvalue weighted by Crippen LogP contribution is -2.17. The lowest BCUT2D eigenvalue weighted by atomic mass is 10.1. The molecule has 0 unspecified atom stereocenters. The Hall–Kier alpha value is -2.07.